The maximum Gasteiger partial charge on any atom is 0.261 e. The van der Waals surface area contributed by atoms with Crippen molar-refractivity contribution in [3.8, 4) is 0 Å². The minimum Gasteiger partial charge on any atom is -0.384 e. The van der Waals surface area contributed by atoms with Gasteiger partial charge in [0.25, 0.3) is 17.7 Å². The Labute approximate surface area is 297 Å². The van der Waals surface area contributed by atoms with Gasteiger partial charge < -0.3 is 25.4 Å². The molecular formula is C37H42Cl2N6O4. The van der Waals surface area contributed by atoms with Crippen LogP contribution in [0.25, 0.3) is 32.6 Å². The van der Waals surface area contributed by atoms with Crippen LogP contribution in [0.3, 0.4) is 0 Å². The predicted octanol–water partition coefficient (Wildman–Crippen LogP) is 5.39. The summed E-state index contributed by atoms with van der Waals surface area (Å²) < 4.78 is 0. The van der Waals surface area contributed by atoms with E-state index in [0.717, 1.165) is 30.3 Å². The zero-order valence-corrected chi connectivity index (χ0v) is 29.5. The first-order chi connectivity index (χ1) is 22.7. The average Bonchev–Trinajstić information content (AvgIpc) is 3.06. The molecule has 10 nitrogen and oxygen atoms in total. The Kier molecular flexibility index (Phi) is 12.4. The van der Waals surface area contributed by atoms with Gasteiger partial charge in [0.15, 0.2) is 5.43 Å². The number of carbonyl (C=O) groups is 3. The Morgan fingerprint density at radius 3 is 2.12 bits per heavy atom. The number of fused-ring (bicyclic) bond motifs is 2. The highest BCUT2D eigenvalue weighted by molar-refractivity contribution is 6.25. The fourth-order valence-corrected chi connectivity index (χ4v) is 6.32. The molecule has 0 unspecified atom stereocenters. The molecular weight excluding hydrogens is 663 g/mol. The summed E-state index contributed by atoms with van der Waals surface area (Å²) in [6.07, 6.45) is 1.46. The number of carbonyl (C=O) groups excluding carboxylic acids is 3. The van der Waals surface area contributed by atoms with Crippen LogP contribution in [-0.4, -0.2) is 97.8 Å². The van der Waals surface area contributed by atoms with E-state index >= 15 is 0 Å². The molecule has 0 aliphatic carbocycles. The van der Waals surface area contributed by atoms with E-state index in [9.17, 15) is 19.2 Å². The maximum atomic E-state index is 13.7. The fourth-order valence-electron chi connectivity index (χ4n) is 6.32. The van der Waals surface area contributed by atoms with E-state index in [1.54, 1.807) is 24.3 Å². The van der Waals surface area contributed by atoms with E-state index in [4.69, 9.17) is 0 Å². The van der Waals surface area contributed by atoms with Crippen LogP contribution in [0.15, 0.2) is 77.6 Å². The number of nitrogens with one attached hydrogen (secondary N) is 3. The Morgan fingerprint density at radius 1 is 0.755 bits per heavy atom. The van der Waals surface area contributed by atoms with Gasteiger partial charge in [-0.15, -0.1) is 24.8 Å². The smallest absolute Gasteiger partial charge is 0.261 e. The van der Waals surface area contributed by atoms with Crippen molar-refractivity contribution >= 4 is 80.8 Å². The topological polar surface area (TPSA) is 118 Å². The number of H-pyrrole nitrogens is 1. The molecule has 0 spiro atoms. The van der Waals surface area contributed by atoms with Gasteiger partial charge in [-0.3, -0.25) is 24.1 Å². The number of anilines is 1. The number of amides is 3. The highest BCUT2D eigenvalue weighted by atomic mass is 35.5. The molecule has 0 atom stereocenters. The highest BCUT2D eigenvalue weighted by Gasteiger charge is 2.32. The summed E-state index contributed by atoms with van der Waals surface area (Å²) in [5.41, 5.74) is 3.33. The molecule has 3 N–H and O–H groups in total. The summed E-state index contributed by atoms with van der Waals surface area (Å²) in [6, 6.07) is 22.0. The van der Waals surface area contributed by atoms with Gasteiger partial charge in [-0.05, 0) is 88.9 Å². The third kappa shape index (κ3) is 7.73. The molecule has 49 heavy (non-hydrogen) atoms. The Balaban J connectivity index is 0.00000270. The lowest BCUT2D eigenvalue weighted by molar-refractivity contribution is 0.0604. The number of para-hydroxylation sites is 1. The monoisotopic (exact) mass is 704 g/mol. The molecule has 12 heteroatoms. The summed E-state index contributed by atoms with van der Waals surface area (Å²) >= 11 is 0. The van der Waals surface area contributed by atoms with Crippen LogP contribution in [0.1, 0.15) is 43.9 Å². The summed E-state index contributed by atoms with van der Waals surface area (Å²) in [4.78, 5) is 62.1. The molecule has 6 rings (SSSR count). The van der Waals surface area contributed by atoms with E-state index < -0.39 is 0 Å². The Bertz CT molecular complexity index is 2010. The molecule has 0 saturated heterocycles. The summed E-state index contributed by atoms with van der Waals surface area (Å²) in [7, 11) is 5.91. The van der Waals surface area contributed by atoms with E-state index in [2.05, 4.69) is 20.5 Å². The van der Waals surface area contributed by atoms with Gasteiger partial charge >= 0.3 is 0 Å². The largest absolute Gasteiger partial charge is 0.384 e. The van der Waals surface area contributed by atoms with Gasteiger partial charge in [-0.1, -0.05) is 36.4 Å². The number of aromatic nitrogens is 1. The normalized spacial score (nSPS) is 12.5. The first-order valence-electron chi connectivity index (χ1n) is 16.1. The van der Waals surface area contributed by atoms with Gasteiger partial charge in [0.05, 0.1) is 16.5 Å². The lowest BCUT2D eigenvalue weighted by Gasteiger charge is -2.28. The lowest BCUT2D eigenvalue weighted by atomic mass is 9.94. The predicted molar refractivity (Wildman–Crippen MR) is 202 cm³/mol. The number of benzene rings is 4. The molecule has 0 radical (unpaired) electrons. The van der Waals surface area contributed by atoms with Crippen molar-refractivity contribution in [1.29, 1.82) is 0 Å². The number of hydrogen-bond acceptors (Lipinski definition) is 7. The third-order valence-corrected chi connectivity index (χ3v) is 8.76. The van der Waals surface area contributed by atoms with Crippen LogP contribution >= 0.6 is 24.8 Å². The zero-order chi connectivity index (χ0) is 33.1. The van der Waals surface area contributed by atoms with E-state index in [1.807, 2.05) is 74.6 Å². The van der Waals surface area contributed by atoms with Crippen LogP contribution in [0.5, 0.6) is 0 Å². The minimum absolute atomic E-state index is 0. The summed E-state index contributed by atoms with van der Waals surface area (Å²) in [6.45, 7) is 3.66. The number of imide groups is 1. The lowest BCUT2D eigenvalue weighted by Crippen LogP contribution is -2.41. The van der Waals surface area contributed by atoms with Crippen LogP contribution < -0.4 is 16.1 Å². The van der Waals surface area contributed by atoms with E-state index in [-0.39, 0.29) is 48.0 Å². The molecule has 1 aromatic heterocycles. The van der Waals surface area contributed by atoms with Gasteiger partial charge in [-0.25, -0.2) is 0 Å². The molecule has 3 amide bonds. The van der Waals surface area contributed by atoms with Crippen LogP contribution in [0, 0.1) is 0 Å². The molecule has 4 aromatic carbocycles. The maximum absolute atomic E-state index is 13.7. The molecule has 0 saturated carbocycles. The first kappa shape index (κ1) is 37.3. The quantitative estimate of drug-likeness (QED) is 0.0855. The fraction of sp³-hybridized carbons (Fsp3) is 0.297. The number of pyridine rings is 1. The van der Waals surface area contributed by atoms with Gasteiger partial charge in [0.2, 0.25) is 0 Å². The van der Waals surface area contributed by atoms with Gasteiger partial charge in [0, 0.05) is 59.3 Å². The first-order valence-corrected chi connectivity index (χ1v) is 16.1. The molecule has 2 heterocycles. The number of likely N-dealkylation sites (N-methyl/N-ethyl adjacent to an activating group) is 1. The Morgan fingerprint density at radius 2 is 1.43 bits per heavy atom. The highest BCUT2D eigenvalue weighted by Crippen LogP contribution is 2.30. The van der Waals surface area contributed by atoms with Crippen LogP contribution in [0.4, 0.5) is 5.69 Å². The zero-order valence-electron chi connectivity index (χ0n) is 27.9. The van der Waals surface area contributed by atoms with Crippen molar-refractivity contribution < 1.29 is 14.4 Å². The number of nitrogens with zero attached hydrogens (tertiary/aromatic N) is 3. The molecule has 0 fully saturated rings. The van der Waals surface area contributed by atoms with Crippen molar-refractivity contribution in [3.05, 3.63) is 99.7 Å². The second kappa shape index (κ2) is 16.3. The summed E-state index contributed by atoms with van der Waals surface area (Å²) in [5.74, 6) is -0.707. The van der Waals surface area contributed by atoms with Crippen molar-refractivity contribution in [3.63, 3.8) is 0 Å². The van der Waals surface area contributed by atoms with Crippen molar-refractivity contribution in [1.82, 2.24) is 25.0 Å². The van der Waals surface area contributed by atoms with Crippen LogP contribution in [-0.2, 0) is 0 Å². The SMILES string of the molecule is CN(C)CCNC(=O)c1ccc(NCCCN(C)CCCN2C(=O)c3cccc4cccc(c34)C2=O)c2c(=O)c3ccccc3[nH]c12.Cl.Cl. The van der Waals surface area contributed by atoms with Crippen LogP contribution in [0.2, 0.25) is 0 Å². The van der Waals surface area contributed by atoms with Crippen molar-refractivity contribution in [2.45, 2.75) is 12.8 Å². The third-order valence-electron chi connectivity index (χ3n) is 8.76. The number of rotatable bonds is 13. The molecule has 258 valence electrons. The van der Waals surface area contributed by atoms with E-state index in [1.165, 1.54) is 4.90 Å². The standard InChI is InChI=1S/C37H40N6O4.2ClH/c1-41(2)23-19-39-35(45)28-16-17-30(32-33(28)40-29-15-5-4-12-25(29)34(32)44)38-18-8-20-42(3)21-9-22-43-36(46)26-13-6-10-24-11-7-14-27(31(24)26)37(43)47;;/h4-7,10-17,38H,8-9,18-23H2,1-3H3,(H,39,45)(H,40,44);2*1H. The Hall–Kier alpha value is -4.48. The second-order valence-corrected chi connectivity index (χ2v) is 12.4. The van der Waals surface area contributed by atoms with E-state index in [0.29, 0.717) is 76.8 Å². The number of hydrogen-bond donors (Lipinski definition) is 3. The number of aromatic amines is 1. The van der Waals surface area contributed by atoms with Gasteiger partial charge in [0.1, 0.15) is 0 Å². The molecule has 1 aliphatic heterocycles. The van der Waals surface area contributed by atoms with Gasteiger partial charge in [-0.2, -0.15) is 0 Å². The molecule has 5 aromatic rings. The molecule has 0 bridgehead atoms. The van der Waals surface area contributed by atoms with Crippen molar-refractivity contribution in [2.24, 2.45) is 0 Å². The molecule has 1 aliphatic rings. The second-order valence-electron chi connectivity index (χ2n) is 12.4. The average molecular weight is 706 g/mol. The van der Waals surface area contributed by atoms with Crippen molar-refractivity contribution in [2.75, 3.05) is 65.7 Å². The number of halogens is 2. The minimum atomic E-state index is -0.238. The summed E-state index contributed by atoms with van der Waals surface area (Å²) in [5, 5.41) is 9.06.